The van der Waals surface area contributed by atoms with Crippen molar-refractivity contribution in [3.63, 3.8) is 0 Å². The van der Waals surface area contributed by atoms with Crippen LogP contribution in [0.25, 0.3) is 0 Å². The molecule has 0 aliphatic rings. The fraction of sp³-hybridized carbons (Fsp3) is 0.231. The molecule has 0 fully saturated rings. The van der Waals surface area contributed by atoms with Crippen LogP contribution in [0, 0.1) is 5.82 Å². The Morgan fingerprint density at radius 3 is 2.70 bits per heavy atom. The summed E-state index contributed by atoms with van der Waals surface area (Å²) < 4.78 is 45.3. The van der Waals surface area contributed by atoms with Crippen molar-refractivity contribution in [3.05, 3.63) is 53.7 Å². The predicted octanol–water partition coefficient (Wildman–Crippen LogP) is 1.40. The van der Waals surface area contributed by atoms with Crippen LogP contribution in [0.2, 0.25) is 0 Å². The fourth-order valence-corrected chi connectivity index (χ4v) is 3.12. The lowest BCUT2D eigenvalue weighted by Gasteiger charge is -2.10. The Morgan fingerprint density at radius 2 is 2.05 bits per heavy atom. The molecule has 108 valence electrons. The normalized spacial score (nSPS) is 11.7. The summed E-state index contributed by atoms with van der Waals surface area (Å²) in [4.78, 5) is -0.126. The second kappa shape index (κ2) is 6.17. The van der Waals surface area contributed by atoms with Gasteiger partial charge >= 0.3 is 0 Å². The molecule has 0 saturated carbocycles. The smallest absolute Gasteiger partial charge is 0.241 e. The number of hydrogen-bond donors (Lipinski definition) is 2. The van der Waals surface area contributed by atoms with Gasteiger partial charge in [0.25, 0.3) is 0 Å². The lowest BCUT2D eigenvalue weighted by atomic mass is 10.2. The number of furan rings is 1. The Labute approximate surface area is 116 Å². The van der Waals surface area contributed by atoms with Crippen molar-refractivity contribution in [2.24, 2.45) is 5.73 Å². The molecule has 5 nitrogen and oxygen atoms in total. The van der Waals surface area contributed by atoms with Crippen LogP contribution < -0.4 is 10.5 Å². The highest BCUT2D eigenvalue weighted by Crippen LogP contribution is 2.18. The molecule has 0 aliphatic carbocycles. The van der Waals surface area contributed by atoms with Crippen LogP contribution >= 0.6 is 0 Å². The molecular formula is C13H15FN2O3S. The van der Waals surface area contributed by atoms with Crippen molar-refractivity contribution in [2.45, 2.75) is 17.9 Å². The van der Waals surface area contributed by atoms with Gasteiger partial charge in [0.05, 0.1) is 11.2 Å². The van der Waals surface area contributed by atoms with E-state index in [1.54, 1.807) is 12.1 Å². The van der Waals surface area contributed by atoms with E-state index in [9.17, 15) is 12.8 Å². The second-order valence-corrected chi connectivity index (χ2v) is 5.88. The Hall–Kier alpha value is -1.70. The van der Waals surface area contributed by atoms with E-state index in [1.807, 2.05) is 0 Å². The third-order valence-corrected chi connectivity index (χ3v) is 4.36. The number of halogens is 1. The van der Waals surface area contributed by atoms with Gasteiger partial charge in [-0.25, -0.2) is 17.5 Å². The third kappa shape index (κ3) is 3.24. The molecule has 1 aromatic heterocycles. The van der Waals surface area contributed by atoms with Gasteiger partial charge in [0, 0.05) is 25.1 Å². The molecule has 0 radical (unpaired) electrons. The van der Waals surface area contributed by atoms with Crippen LogP contribution in [0.4, 0.5) is 4.39 Å². The Morgan fingerprint density at radius 1 is 1.25 bits per heavy atom. The monoisotopic (exact) mass is 298 g/mol. The first kappa shape index (κ1) is 14.7. The van der Waals surface area contributed by atoms with Crippen molar-refractivity contribution in [1.82, 2.24) is 4.72 Å². The van der Waals surface area contributed by atoms with Gasteiger partial charge in [0.15, 0.2) is 0 Å². The number of sulfonamides is 1. The van der Waals surface area contributed by atoms with Crippen molar-refractivity contribution >= 4 is 10.0 Å². The molecule has 1 heterocycles. The van der Waals surface area contributed by atoms with Crippen LogP contribution in [0.1, 0.15) is 11.3 Å². The van der Waals surface area contributed by atoms with Crippen molar-refractivity contribution in [1.29, 1.82) is 0 Å². The van der Waals surface area contributed by atoms with Gasteiger partial charge in [0.1, 0.15) is 11.6 Å². The maximum atomic E-state index is 13.5. The van der Waals surface area contributed by atoms with E-state index >= 15 is 0 Å². The molecule has 0 amide bonds. The zero-order valence-electron chi connectivity index (χ0n) is 10.7. The van der Waals surface area contributed by atoms with Crippen LogP contribution in [0.15, 0.2) is 45.9 Å². The SMILES string of the molecule is NCc1c(F)cccc1S(=O)(=O)NCCc1ccco1. The molecular weight excluding hydrogens is 283 g/mol. The highest BCUT2D eigenvalue weighted by atomic mass is 32.2. The van der Waals surface area contributed by atoms with E-state index in [4.69, 9.17) is 10.2 Å². The Kier molecular flexibility index (Phi) is 4.53. The summed E-state index contributed by atoms with van der Waals surface area (Å²) in [6, 6.07) is 7.34. The molecule has 0 bridgehead atoms. The molecule has 0 aliphatic heterocycles. The lowest BCUT2D eigenvalue weighted by molar-refractivity contribution is 0.505. The van der Waals surface area contributed by atoms with E-state index in [0.717, 1.165) is 0 Å². The minimum Gasteiger partial charge on any atom is -0.469 e. The van der Waals surface area contributed by atoms with Gasteiger partial charge in [-0.1, -0.05) is 6.07 Å². The molecule has 7 heteroatoms. The number of nitrogens with two attached hydrogens (primary N) is 1. The van der Waals surface area contributed by atoms with Gasteiger partial charge in [-0.2, -0.15) is 0 Å². The van der Waals surface area contributed by atoms with Gasteiger partial charge in [0.2, 0.25) is 10.0 Å². The topological polar surface area (TPSA) is 85.3 Å². The molecule has 0 unspecified atom stereocenters. The number of hydrogen-bond acceptors (Lipinski definition) is 4. The Balaban J connectivity index is 2.12. The zero-order valence-corrected chi connectivity index (χ0v) is 11.5. The summed E-state index contributed by atoms with van der Waals surface area (Å²) in [5.41, 5.74) is 5.39. The number of nitrogens with one attached hydrogen (secondary N) is 1. The highest BCUT2D eigenvalue weighted by molar-refractivity contribution is 7.89. The molecule has 0 spiro atoms. The minimum atomic E-state index is -3.79. The average Bonchev–Trinajstić information content (AvgIpc) is 2.91. The average molecular weight is 298 g/mol. The van der Waals surface area contributed by atoms with Crippen LogP contribution in [0.5, 0.6) is 0 Å². The minimum absolute atomic E-state index is 0.0157. The largest absolute Gasteiger partial charge is 0.469 e. The molecule has 20 heavy (non-hydrogen) atoms. The standard InChI is InChI=1S/C13H15FN2O3S/c14-12-4-1-5-13(11(12)9-15)20(17,18)16-7-6-10-3-2-8-19-10/h1-5,8,16H,6-7,9,15H2. The van der Waals surface area contributed by atoms with E-state index in [-0.39, 0.29) is 23.5 Å². The number of rotatable bonds is 6. The summed E-state index contributed by atoms with van der Waals surface area (Å²) >= 11 is 0. The van der Waals surface area contributed by atoms with Gasteiger partial charge in [-0.05, 0) is 24.3 Å². The molecule has 3 N–H and O–H groups in total. The van der Waals surface area contributed by atoms with Gasteiger partial charge < -0.3 is 10.2 Å². The van der Waals surface area contributed by atoms with E-state index in [0.29, 0.717) is 12.2 Å². The maximum absolute atomic E-state index is 13.5. The maximum Gasteiger partial charge on any atom is 0.241 e. The van der Waals surface area contributed by atoms with Crippen LogP contribution in [-0.4, -0.2) is 15.0 Å². The first-order chi connectivity index (χ1) is 9.54. The van der Waals surface area contributed by atoms with Crippen LogP contribution in [0.3, 0.4) is 0 Å². The van der Waals surface area contributed by atoms with Crippen molar-refractivity contribution < 1.29 is 17.2 Å². The fourth-order valence-electron chi connectivity index (χ4n) is 1.83. The van der Waals surface area contributed by atoms with Crippen LogP contribution in [-0.2, 0) is 23.0 Å². The van der Waals surface area contributed by atoms with Gasteiger partial charge in [-0.3, -0.25) is 0 Å². The van der Waals surface area contributed by atoms with Crippen molar-refractivity contribution in [2.75, 3.05) is 6.54 Å². The Bertz CT molecular complexity index is 669. The second-order valence-electron chi connectivity index (χ2n) is 4.15. The third-order valence-electron chi connectivity index (χ3n) is 2.81. The van der Waals surface area contributed by atoms with Gasteiger partial charge in [-0.15, -0.1) is 0 Å². The summed E-state index contributed by atoms with van der Waals surface area (Å²) in [6.45, 7) is -0.0164. The first-order valence-corrected chi connectivity index (χ1v) is 7.52. The zero-order chi connectivity index (χ0) is 14.6. The highest BCUT2D eigenvalue weighted by Gasteiger charge is 2.19. The van der Waals surface area contributed by atoms with E-state index in [1.165, 1.54) is 24.5 Å². The summed E-state index contributed by atoms with van der Waals surface area (Å²) in [6.07, 6.45) is 1.93. The summed E-state index contributed by atoms with van der Waals surface area (Å²) in [5.74, 6) is 0.0485. The summed E-state index contributed by atoms with van der Waals surface area (Å²) in [5, 5.41) is 0. The van der Waals surface area contributed by atoms with E-state index in [2.05, 4.69) is 4.72 Å². The molecule has 2 aromatic rings. The van der Waals surface area contributed by atoms with Crippen molar-refractivity contribution in [3.8, 4) is 0 Å². The molecule has 1 aromatic carbocycles. The van der Waals surface area contributed by atoms with E-state index < -0.39 is 15.8 Å². The lowest BCUT2D eigenvalue weighted by Crippen LogP contribution is -2.27. The molecule has 2 rings (SSSR count). The molecule has 0 saturated heterocycles. The quantitative estimate of drug-likeness (QED) is 0.844. The first-order valence-electron chi connectivity index (χ1n) is 6.04. The summed E-state index contributed by atoms with van der Waals surface area (Å²) in [7, 11) is -3.79. The number of benzene rings is 1. The molecule has 0 atom stereocenters. The predicted molar refractivity (Wildman–Crippen MR) is 71.9 cm³/mol.